The van der Waals surface area contributed by atoms with E-state index in [1.807, 2.05) is 23.2 Å². The highest BCUT2D eigenvalue weighted by atomic mass is 16.2. The van der Waals surface area contributed by atoms with Gasteiger partial charge in [0.05, 0.1) is 0 Å². The average Bonchev–Trinajstić information content (AvgIpc) is 2.55. The molecule has 1 fully saturated rings. The van der Waals surface area contributed by atoms with Crippen molar-refractivity contribution in [1.82, 2.24) is 15.2 Å². The number of unbranched alkanes of at least 4 members (excludes halogenated alkanes) is 1. The Balaban J connectivity index is 1.80. The molecule has 2 rings (SSSR count). The van der Waals surface area contributed by atoms with Gasteiger partial charge in [-0.05, 0) is 18.1 Å². The first-order chi connectivity index (χ1) is 10.2. The molecule has 0 aliphatic carbocycles. The van der Waals surface area contributed by atoms with Gasteiger partial charge in [0.15, 0.2) is 0 Å². The maximum Gasteiger partial charge on any atom is 0.317 e. The van der Waals surface area contributed by atoms with Crippen molar-refractivity contribution in [2.75, 3.05) is 37.6 Å². The predicted molar refractivity (Wildman–Crippen MR) is 84.2 cm³/mol. The molecule has 1 aromatic rings. The lowest BCUT2D eigenvalue weighted by Gasteiger charge is -2.35. The third-order valence-corrected chi connectivity index (χ3v) is 3.74. The molecule has 6 nitrogen and oxygen atoms in total. The van der Waals surface area contributed by atoms with Gasteiger partial charge in [-0.15, -0.1) is 0 Å². The van der Waals surface area contributed by atoms with Crippen LogP contribution in [0.3, 0.4) is 0 Å². The Kier molecular flexibility index (Phi) is 5.80. The number of nitrogens with zero attached hydrogens (tertiary/aromatic N) is 3. The van der Waals surface area contributed by atoms with E-state index >= 15 is 0 Å². The van der Waals surface area contributed by atoms with Crippen LogP contribution in [0.1, 0.15) is 25.3 Å². The average molecular weight is 291 g/mol. The molecular formula is C15H25N5O. The van der Waals surface area contributed by atoms with E-state index in [-0.39, 0.29) is 6.03 Å². The molecule has 1 aliphatic rings. The number of pyridine rings is 1. The number of nitrogens with two attached hydrogens (primary N) is 1. The topological polar surface area (TPSA) is 74.5 Å². The van der Waals surface area contributed by atoms with Crippen molar-refractivity contribution in [1.29, 1.82) is 0 Å². The molecule has 0 atom stereocenters. The van der Waals surface area contributed by atoms with Gasteiger partial charge in [-0.3, -0.25) is 0 Å². The first kappa shape index (κ1) is 15.6. The lowest BCUT2D eigenvalue weighted by Crippen LogP contribution is -2.52. The number of aromatic nitrogens is 1. The Hall–Kier alpha value is -1.82. The van der Waals surface area contributed by atoms with Gasteiger partial charge in [0.1, 0.15) is 5.82 Å². The van der Waals surface area contributed by atoms with Gasteiger partial charge in [0.2, 0.25) is 0 Å². The highest BCUT2D eigenvalue weighted by molar-refractivity contribution is 5.74. The summed E-state index contributed by atoms with van der Waals surface area (Å²) in [5, 5.41) is 2.96. The Bertz CT molecular complexity index is 440. The lowest BCUT2D eigenvalue weighted by molar-refractivity contribution is 0.194. The SMILES string of the molecule is CCCCNC(=O)N1CCN(c2ccc(CN)cn2)CC1. The molecular weight excluding hydrogens is 266 g/mol. The van der Waals surface area contributed by atoms with Gasteiger partial charge >= 0.3 is 6.03 Å². The molecule has 116 valence electrons. The number of piperazine rings is 1. The number of amides is 2. The number of rotatable bonds is 5. The van der Waals surface area contributed by atoms with E-state index in [1.165, 1.54) is 0 Å². The summed E-state index contributed by atoms with van der Waals surface area (Å²) < 4.78 is 0. The molecule has 0 aromatic carbocycles. The number of hydrogen-bond acceptors (Lipinski definition) is 4. The summed E-state index contributed by atoms with van der Waals surface area (Å²) in [5.41, 5.74) is 6.61. The van der Waals surface area contributed by atoms with Crippen molar-refractivity contribution < 1.29 is 4.79 Å². The van der Waals surface area contributed by atoms with Crippen LogP contribution in [0, 0.1) is 0 Å². The van der Waals surface area contributed by atoms with Crippen molar-refractivity contribution in [2.24, 2.45) is 5.73 Å². The molecule has 0 radical (unpaired) electrons. The second-order valence-electron chi connectivity index (χ2n) is 5.29. The number of carbonyl (C=O) groups is 1. The maximum absolute atomic E-state index is 12.0. The van der Waals surface area contributed by atoms with Crippen LogP contribution in [0.15, 0.2) is 18.3 Å². The fraction of sp³-hybridized carbons (Fsp3) is 0.600. The highest BCUT2D eigenvalue weighted by Crippen LogP contribution is 2.14. The van der Waals surface area contributed by atoms with Gasteiger partial charge in [-0.25, -0.2) is 9.78 Å². The van der Waals surface area contributed by atoms with E-state index in [2.05, 4.69) is 22.1 Å². The highest BCUT2D eigenvalue weighted by Gasteiger charge is 2.21. The fourth-order valence-corrected chi connectivity index (χ4v) is 2.35. The molecule has 0 bridgehead atoms. The molecule has 1 aliphatic heterocycles. The summed E-state index contributed by atoms with van der Waals surface area (Å²) in [6.45, 7) is 6.49. The first-order valence-electron chi connectivity index (χ1n) is 7.67. The second kappa shape index (κ2) is 7.83. The molecule has 2 heterocycles. The minimum absolute atomic E-state index is 0.0505. The number of nitrogens with one attached hydrogen (secondary N) is 1. The van der Waals surface area contributed by atoms with Crippen molar-refractivity contribution in [3.8, 4) is 0 Å². The van der Waals surface area contributed by atoms with E-state index in [0.717, 1.165) is 56.9 Å². The van der Waals surface area contributed by atoms with Gasteiger partial charge in [0, 0.05) is 45.5 Å². The third kappa shape index (κ3) is 4.32. The molecule has 2 amide bonds. The fourth-order valence-electron chi connectivity index (χ4n) is 2.35. The third-order valence-electron chi connectivity index (χ3n) is 3.74. The summed E-state index contributed by atoms with van der Waals surface area (Å²) in [4.78, 5) is 20.5. The van der Waals surface area contributed by atoms with Gasteiger partial charge in [-0.1, -0.05) is 19.4 Å². The summed E-state index contributed by atoms with van der Waals surface area (Å²) in [6.07, 6.45) is 3.95. The van der Waals surface area contributed by atoms with Crippen molar-refractivity contribution in [2.45, 2.75) is 26.3 Å². The molecule has 6 heteroatoms. The Morgan fingerprint density at radius 3 is 2.67 bits per heavy atom. The van der Waals surface area contributed by atoms with Crippen LogP contribution in [0.2, 0.25) is 0 Å². The Morgan fingerprint density at radius 2 is 2.10 bits per heavy atom. The van der Waals surface area contributed by atoms with Crippen molar-refractivity contribution in [3.63, 3.8) is 0 Å². The van der Waals surface area contributed by atoms with E-state index in [4.69, 9.17) is 5.73 Å². The molecule has 3 N–H and O–H groups in total. The standard InChI is InChI=1S/C15H25N5O/c1-2-3-6-17-15(21)20-9-7-19(8-10-20)14-5-4-13(11-16)12-18-14/h4-5,12H,2-3,6-11,16H2,1H3,(H,17,21). The number of anilines is 1. The molecule has 1 aromatic heterocycles. The lowest BCUT2D eigenvalue weighted by atomic mass is 10.2. The minimum atomic E-state index is 0.0505. The first-order valence-corrected chi connectivity index (χ1v) is 7.67. The van der Waals surface area contributed by atoms with Gasteiger partial charge in [0.25, 0.3) is 0 Å². The van der Waals surface area contributed by atoms with Gasteiger partial charge in [-0.2, -0.15) is 0 Å². The quantitative estimate of drug-likeness (QED) is 0.799. The largest absolute Gasteiger partial charge is 0.353 e. The summed E-state index contributed by atoms with van der Waals surface area (Å²) in [5.74, 6) is 0.957. The number of carbonyl (C=O) groups excluding carboxylic acids is 1. The minimum Gasteiger partial charge on any atom is -0.353 e. The van der Waals surface area contributed by atoms with Crippen LogP contribution >= 0.6 is 0 Å². The van der Waals surface area contributed by atoms with Crippen LogP contribution in [0.5, 0.6) is 0 Å². The molecule has 1 saturated heterocycles. The van der Waals surface area contributed by atoms with Crippen molar-refractivity contribution in [3.05, 3.63) is 23.9 Å². The summed E-state index contributed by atoms with van der Waals surface area (Å²) >= 11 is 0. The molecule has 21 heavy (non-hydrogen) atoms. The normalized spacial score (nSPS) is 15.1. The second-order valence-corrected chi connectivity index (χ2v) is 5.29. The summed E-state index contributed by atoms with van der Waals surface area (Å²) in [7, 11) is 0. The van der Waals surface area contributed by atoms with E-state index < -0.39 is 0 Å². The van der Waals surface area contributed by atoms with Crippen LogP contribution in [-0.4, -0.2) is 48.6 Å². The maximum atomic E-state index is 12.0. The monoisotopic (exact) mass is 291 g/mol. The number of hydrogen-bond donors (Lipinski definition) is 2. The predicted octanol–water partition coefficient (Wildman–Crippen LogP) is 1.17. The van der Waals surface area contributed by atoms with E-state index in [9.17, 15) is 4.79 Å². The number of urea groups is 1. The zero-order valence-corrected chi connectivity index (χ0v) is 12.7. The van der Waals surface area contributed by atoms with Crippen molar-refractivity contribution >= 4 is 11.8 Å². The van der Waals surface area contributed by atoms with E-state index in [1.54, 1.807) is 0 Å². The summed E-state index contributed by atoms with van der Waals surface area (Å²) in [6, 6.07) is 4.06. The zero-order valence-electron chi connectivity index (χ0n) is 12.7. The van der Waals surface area contributed by atoms with Crippen LogP contribution in [0.4, 0.5) is 10.6 Å². The van der Waals surface area contributed by atoms with Gasteiger partial charge < -0.3 is 20.9 Å². The molecule has 0 spiro atoms. The Labute approximate surface area is 126 Å². The van der Waals surface area contributed by atoms with Crippen LogP contribution in [-0.2, 0) is 6.54 Å². The Morgan fingerprint density at radius 1 is 1.33 bits per heavy atom. The van der Waals surface area contributed by atoms with Crippen LogP contribution < -0.4 is 16.0 Å². The van der Waals surface area contributed by atoms with Crippen LogP contribution in [0.25, 0.3) is 0 Å². The smallest absolute Gasteiger partial charge is 0.317 e. The molecule has 0 unspecified atom stereocenters. The molecule has 0 saturated carbocycles. The van der Waals surface area contributed by atoms with E-state index in [0.29, 0.717) is 6.54 Å². The zero-order chi connectivity index (χ0) is 15.1.